The number of aliphatic imine (C=N–C) groups is 2. The second-order valence-electron chi connectivity index (χ2n) is 8.29. The first-order valence-corrected chi connectivity index (χ1v) is 10.3. The summed E-state index contributed by atoms with van der Waals surface area (Å²) in [6.45, 7) is 10.4. The highest BCUT2D eigenvalue weighted by Gasteiger charge is 2.23. The molecule has 0 bridgehead atoms. The summed E-state index contributed by atoms with van der Waals surface area (Å²) in [5.74, 6) is 0.330. The van der Waals surface area contributed by atoms with E-state index < -0.39 is 0 Å². The molecule has 3 nitrogen and oxygen atoms in total. The Morgan fingerprint density at radius 1 is 0.750 bits per heavy atom. The Balaban J connectivity index is 1.82. The van der Waals surface area contributed by atoms with Crippen molar-refractivity contribution in [3.05, 3.63) is 63.2 Å². The number of rotatable bonds is 4. The fourth-order valence-electron chi connectivity index (χ4n) is 4.09. The maximum absolute atomic E-state index is 10.3. The van der Waals surface area contributed by atoms with Gasteiger partial charge < -0.3 is 5.11 Å². The summed E-state index contributed by atoms with van der Waals surface area (Å²) in [5.41, 5.74) is 7.92. The quantitative estimate of drug-likeness (QED) is 0.675. The predicted molar refractivity (Wildman–Crippen MR) is 119 cm³/mol. The van der Waals surface area contributed by atoms with Crippen LogP contribution >= 0.6 is 0 Å². The van der Waals surface area contributed by atoms with E-state index in [2.05, 4.69) is 32.9 Å². The number of phenols is 1. The zero-order valence-electron chi connectivity index (χ0n) is 17.8. The van der Waals surface area contributed by atoms with Gasteiger partial charge in [-0.1, -0.05) is 36.6 Å². The number of aryl methyl sites for hydroxylation is 4. The third-order valence-corrected chi connectivity index (χ3v) is 5.83. The van der Waals surface area contributed by atoms with Crippen LogP contribution in [0, 0.1) is 34.6 Å². The van der Waals surface area contributed by atoms with E-state index in [-0.39, 0.29) is 12.1 Å². The molecule has 1 N–H and O–H groups in total. The van der Waals surface area contributed by atoms with Crippen molar-refractivity contribution in [2.75, 3.05) is 0 Å². The first-order chi connectivity index (χ1) is 13.3. The van der Waals surface area contributed by atoms with Crippen LogP contribution in [0.2, 0.25) is 0 Å². The van der Waals surface area contributed by atoms with Crippen molar-refractivity contribution in [2.24, 2.45) is 9.98 Å². The number of phenolic OH excluding ortho intramolecular Hbond substituents is 1. The predicted octanol–water partition coefficient (Wildman–Crippen LogP) is 5.78. The van der Waals surface area contributed by atoms with Crippen LogP contribution in [-0.4, -0.2) is 29.6 Å². The molecular formula is C25H32N2O. The molecule has 0 spiro atoms. The summed E-state index contributed by atoms with van der Waals surface area (Å²) >= 11 is 0. The van der Waals surface area contributed by atoms with Gasteiger partial charge in [0.1, 0.15) is 5.75 Å². The van der Waals surface area contributed by atoms with Crippen molar-refractivity contribution < 1.29 is 5.11 Å². The van der Waals surface area contributed by atoms with E-state index >= 15 is 0 Å². The van der Waals surface area contributed by atoms with Gasteiger partial charge in [0.15, 0.2) is 0 Å². The molecule has 0 aliphatic heterocycles. The Morgan fingerprint density at radius 2 is 1.25 bits per heavy atom. The first-order valence-electron chi connectivity index (χ1n) is 10.3. The fraction of sp³-hybridized carbons (Fsp3) is 0.440. The molecule has 0 unspecified atom stereocenters. The summed E-state index contributed by atoms with van der Waals surface area (Å²) in [4.78, 5) is 9.80. The van der Waals surface area contributed by atoms with E-state index in [0.717, 1.165) is 29.5 Å². The maximum Gasteiger partial charge on any atom is 0.127 e. The average molecular weight is 377 g/mol. The Labute approximate surface area is 169 Å². The van der Waals surface area contributed by atoms with Crippen molar-refractivity contribution in [3.8, 4) is 5.75 Å². The molecule has 3 rings (SSSR count). The van der Waals surface area contributed by atoms with Crippen molar-refractivity contribution in [3.63, 3.8) is 0 Å². The highest BCUT2D eigenvalue weighted by Crippen LogP contribution is 2.26. The number of benzene rings is 2. The van der Waals surface area contributed by atoms with Crippen LogP contribution in [0.25, 0.3) is 0 Å². The monoisotopic (exact) mass is 376 g/mol. The Bertz CT molecular complexity index is 836. The second kappa shape index (κ2) is 8.72. The average Bonchev–Trinajstić information content (AvgIpc) is 2.65. The summed E-state index contributed by atoms with van der Waals surface area (Å²) < 4.78 is 0. The topological polar surface area (TPSA) is 45.0 Å². The minimum Gasteiger partial charge on any atom is -0.507 e. The summed E-state index contributed by atoms with van der Waals surface area (Å²) in [6, 6.07) is 8.80. The lowest BCUT2D eigenvalue weighted by atomic mass is 9.91. The highest BCUT2D eigenvalue weighted by atomic mass is 16.3. The SMILES string of the molecule is Cc1cc(C)c(C)c(C=N[C@@H]2CCCC[C@H]2N=Cc2cc(C)cc(C)c2O)c1. The number of hydrogen-bond acceptors (Lipinski definition) is 3. The van der Waals surface area contributed by atoms with E-state index in [0.29, 0.717) is 5.75 Å². The molecule has 148 valence electrons. The van der Waals surface area contributed by atoms with Crippen molar-refractivity contribution in [1.29, 1.82) is 0 Å². The first kappa shape index (κ1) is 20.3. The molecular weight excluding hydrogens is 344 g/mol. The molecule has 0 heterocycles. The number of aromatic hydroxyl groups is 1. The smallest absolute Gasteiger partial charge is 0.127 e. The van der Waals surface area contributed by atoms with Gasteiger partial charge in [0.05, 0.1) is 12.1 Å². The molecule has 1 saturated carbocycles. The van der Waals surface area contributed by atoms with Crippen molar-refractivity contribution >= 4 is 12.4 Å². The van der Waals surface area contributed by atoms with Crippen LogP contribution in [0.15, 0.2) is 34.3 Å². The zero-order valence-corrected chi connectivity index (χ0v) is 17.8. The van der Waals surface area contributed by atoms with Crippen LogP contribution in [0.3, 0.4) is 0 Å². The highest BCUT2D eigenvalue weighted by molar-refractivity contribution is 5.85. The molecule has 0 amide bonds. The largest absolute Gasteiger partial charge is 0.507 e. The fourth-order valence-corrected chi connectivity index (χ4v) is 4.09. The third kappa shape index (κ3) is 4.70. The molecule has 0 saturated heterocycles. The number of nitrogens with zero attached hydrogens (tertiary/aromatic N) is 2. The lowest BCUT2D eigenvalue weighted by Gasteiger charge is -2.25. The van der Waals surface area contributed by atoms with Crippen molar-refractivity contribution in [2.45, 2.75) is 72.4 Å². The van der Waals surface area contributed by atoms with E-state index in [9.17, 15) is 5.11 Å². The molecule has 3 heteroatoms. The molecule has 1 aliphatic rings. The molecule has 2 atom stereocenters. The standard InChI is InChI=1S/C25H32N2O/c1-16-10-18(3)20(5)21(12-16)14-26-23-8-6-7-9-24(23)27-15-22-13-17(2)11-19(4)25(22)28/h10-15,23-24,28H,6-9H2,1-5H3/t23-,24-/m1/s1. The minimum atomic E-state index is 0.177. The van der Waals surface area contributed by atoms with Gasteiger partial charge in [0, 0.05) is 18.0 Å². The van der Waals surface area contributed by atoms with Crippen LogP contribution in [0.1, 0.15) is 64.6 Å². The lowest BCUT2D eigenvalue weighted by molar-refractivity contribution is 0.390. The maximum atomic E-state index is 10.3. The minimum absolute atomic E-state index is 0.177. The summed E-state index contributed by atoms with van der Waals surface area (Å²) in [7, 11) is 0. The third-order valence-electron chi connectivity index (χ3n) is 5.83. The lowest BCUT2D eigenvalue weighted by Crippen LogP contribution is -2.27. The van der Waals surface area contributed by atoms with Gasteiger partial charge in [-0.2, -0.15) is 0 Å². The van der Waals surface area contributed by atoms with E-state index in [1.807, 2.05) is 38.4 Å². The molecule has 0 radical (unpaired) electrons. The summed E-state index contributed by atoms with van der Waals surface area (Å²) in [6.07, 6.45) is 8.40. The van der Waals surface area contributed by atoms with Gasteiger partial charge in [-0.25, -0.2) is 0 Å². The Hall–Kier alpha value is -2.42. The number of hydrogen-bond donors (Lipinski definition) is 1. The van der Waals surface area contributed by atoms with Crippen LogP contribution in [-0.2, 0) is 0 Å². The van der Waals surface area contributed by atoms with Gasteiger partial charge in [0.2, 0.25) is 0 Å². The summed E-state index contributed by atoms with van der Waals surface area (Å²) in [5, 5.41) is 10.3. The van der Waals surface area contributed by atoms with Crippen LogP contribution < -0.4 is 0 Å². The van der Waals surface area contributed by atoms with Gasteiger partial charge in [-0.15, -0.1) is 0 Å². The zero-order chi connectivity index (χ0) is 20.3. The molecule has 28 heavy (non-hydrogen) atoms. The van der Waals surface area contributed by atoms with Gasteiger partial charge in [-0.3, -0.25) is 9.98 Å². The Kier molecular flexibility index (Phi) is 6.33. The van der Waals surface area contributed by atoms with Gasteiger partial charge in [-0.05, 0) is 81.3 Å². The second-order valence-corrected chi connectivity index (χ2v) is 8.29. The molecule has 1 fully saturated rings. The molecule has 2 aromatic rings. The Morgan fingerprint density at radius 3 is 1.86 bits per heavy atom. The van der Waals surface area contributed by atoms with Gasteiger partial charge >= 0.3 is 0 Å². The molecule has 2 aromatic carbocycles. The van der Waals surface area contributed by atoms with Crippen LogP contribution in [0.4, 0.5) is 0 Å². The van der Waals surface area contributed by atoms with E-state index in [1.54, 1.807) is 0 Å². The molecule has 0 aromatic heterocycles. The van der Waals surface area contributed by atoms with E-state index in [4.69, 9.17) is 9.98 Å². The normalized spacial score (nSPS) is 20.3. The molecule has 1 aliphatic carbocycles. The van der Waals surface area contributed by atoms with E-state index in [1.165, 1.54) is 35.1 Å². The van der Waals surface area contributed by atoms with Crippen molar-refractivity contribution in [1.82, 2.24) is 0 Å². The van der Waals surface area contributed by atoms with Crippen LogP contribution in [0.5, 0.6) is 5.75 Å². The van der Waals surface area contributed by atoms with Gasteiger partial charge in [0.25, 0.3) is 0 Å².